The van der Waals surface area contributed by atoms with E-state index in [-0.39, 0.29) is 10.4 Å². The molecule has 0 aliphatic carbocycles. The lowest BCUT2D eigenvalue weighted by molar-refractivity contribution is 0.291. The van der Waals surface area contributed by atoms with Crippen LogP contribution in [0.3, 0.4) is 0 Å². The van der Waals surface area contributed by atoms with Gasteiger partial charge in [-0.3, -0.25) is 0 Å². The summed E-state index contributed by atoms with van der Waals surface area (Å²) < 4.78 is 5.95. The molecule has 1 aromatic rings. The fourth-order valence-corrected chi connectivity index (χ4v) is 3.65. The zero-order chi connectivity index (χ0) is 16.2. The second-order valence-corrected chi connectivity index (χ2v) is 6.78. The fraction of sp³-hybridized carbons (Fsp3) is 0.733. The van der Waals surface area contributed by atoms with Crippen molar-refractivity contribution in [1.29, 1.82) is 0 Å². The average Bonchev–Trinajstić information content (AvgIpc) is 3.20. The summed E-state index contributed by atoms with van der Waals surface area (Å²) >= 11 is 12.3. The standard InChI is InChI=1S/C15H23Cl2N5O/c1-18-11-4-7-22(9-11)14-12(13(16)20-15(17)21-14)23-8-5-10-3-2-6-19-10/h10-11,18-19H,2-9H2,1H3/t10-,11?/m0/s1. The van der Waals surface area contributed by atoms with Crippen LogP contribution in [0.2, 0.25) is 10.4 Å². The Morgan fingerprint density at radius 2 is 2.22 bits per heavy atom. The molecule has 2 N–H and O–H groups in total. The molecule has 3 rings (SSSR count). The van der Waals surface area contributed by atoms with E-state index in [1.54, 1.807) is 0 Å². The van der Waals surface area contributed by atoms with E-state index in [1.807, 2.05) is 7.05 Å². The maximum Gasteiger partial charge on any atom is 0.226 e. The van der Waals surface area contributed by atoms with Gasteiger partial charge in [0.2, 0.25) is 5.28 Å². The zero-order valence-corrected chi connectivity index (χ0v) is 14.8. The third-order valence-corrected chi connectivity index (χ3v) is 4.98. The minimum atomic E-state index is 0.155. The smallest absolute Gasteiger partial charge is 0.226 e. The van der Waals surface area contributed by atoms with Crippen LogP contribution in [0.4, 0.5) is 5.82 Å². The summed E-state index contributed by atoms with van der Waals surface area (Å²) in [6, 6.07) is 0.976. The number of hydrogen-bond donors (Lipinski definition) is 2. The molecule has 2 saturated heterocycles. The summed E-state index contributed by atoms with van der Waals surface area (Å²) in [6.07, 6.45) is 4.45. The Balaban J connectivity index is 1.70. The van der Waals surface area contributed by atoms with E-state index < -0.39 is 0 Å². The van der Waals surface area contributed by atoms with Gasteiger partial charge in [-0.1, -0.05) is 11.6 Å². The van der Waals surface area contributed by atoms with Crippen LogP contribution in [-0.2, 0) is 0 Å². The van der Waals surface area contributed by atoms with Crippen LogP contribution in [0.1, 0.15) is 25.7 Å². The first-order chi connectivity index (χ1) is 11.2. The molecular weight excluding hydrogens is 337 g/mol. The monoisotopic (exact) mass is 359 g/mol. The summed E-state index contributed by atoms with van der Waals surface area (Å²) in [5, 5.41) is 7.20. The number of ether oxygens (including phenoxy) is 1. The van der Waals surface area contributed by atoms with Gasteiger partial charge in [0.15, 0.2) is 16.7 Å². The summed E-state index contributed by atoms with van der Waals surface area (Å²) in [5.74, 6) is 1.25. The molecule has 2 aliphatic heterocycles. The fourth-order valence-electron chi connectivity index (χ4n) is 3.22. The van der Waals surface area contributed by atoms with Crippen molar-refractivity contribution < 1.29 is 4.74 Å². The average molecular weight is 360 g/mol. The zero-order valence-electron chi connectivity index (χ0n) is 13.3. The molecule has 1 aromatic heterocycles. The lowest BCUT2D eigenvalue weighted by Crippen LogP contribution is -2.30. The summed E-state index contributed by atoms with van der Waals surface area (Å²) in [7, 11) is 1.97. The topological polar surface area (TPSA) is 62.3 Å². The molecule has 3 heterocycles. The maximum atomic E-state index is 6.26. The van der Waals surface area contributed by atoms with Gasteiger partial charge in [0.25, 0.3) is 0 Å². The van der Waals surface area contributed by atoms with Crippen molar-refractivity contribution in [2.24, 2.45) is 0 Å². The maximum absolute atomic E-state index is 6.26. The van der Waals surface area contributed by atoms with Gasteiger partial charge >= 0.3 is 0 Å². The first-order valence-electron chi connectivity index (χ1n) is 8.19. The number of aromatic nitrogens is 2. The first kappa shape index (κ1) is 17.0. The molecule has 23 heavy (non-hydrogen) atoms. The highest BCUT2D eigenvalue weighted by molar-refractivity contribution is 6.33. The Labute approximate surface area is 146 Å². The van der Waals surface area contributed by atoms with Crippen molar-refractivity contribution in [2.75, 3.05) is 38.2 Å². The quantitative estimate of drug-likeness (QED) is 0.599. The summed E-state index contributed by atoms with van der Waals surface area (Å²) in [4.78, 5) is 10.6. The van der Waals surface area contributed by atoms with Gasteiger partial charge in [-0.15, -0.1) is 0 Å². The Kier molecular flexibility index (Phi) is 5.80. The SMILES string of the molecule is CNC1CCN(c2nc(Cl)nc(Cl)c2OCC[C@@H]2CCCN2)C1. The Bertz CT molecular complexity index is 539. The third-order valence-electron chi connectivity index (χ3n) is 4.55. The molecule has 2 fully saturated rings. The van der Waals surface area contributed by atoms with Crippen LogP contribution in [0, 0.1) is 0 Å². The van der Waals surface area contributed by atoms with Crippen molar-refractivity contribution >= 4 is 29.0 Å². The van der Waals surface area contributed by atoms with Gasteiger partial charge in [0, 0.05) is 25.2 Å². The predicted molar refractivity (Wildman–Crippen MR) is 92.9 cm³/mol. The molecular formula is C15H23Cl2N5O. The van der Waals surface area contributed by atoms with Crippen LogP contribution in [-0.4, -0.2) is 55.3 Å². The number of anilines is 1. The third kappa shape index (κ3) is 4.18. The van der Waals surface area contributed by atoms with Crippen LogP contribution in [0.5, 0.6) is 5.75 Å². The number of likely N-dealkylation sites (N-methyl/N-ethyl adjacent to an activating group) is 1. The number of nitrogens with zero attached hydrogens (tertiary/aromatic N) is 3. The van der Waals surface area contributed by atoms with Crippen LogP contribution < -0.4 is 20.3 Å². The number of hydrogen-bond acceptors (Lipinski definition) is 6. The Hall–Kier alpha value is -0.820. The van der Waals surface area contributed by atoms with Crippen molar-refractivity contribution in [1.82, 2.24) is 20.6 Å². The summed E-state index contributed by atoms with van der Waals surface area (Å²) in [6.45, 7) is 3.45. The van der Waals surface area contributed by atoms with E-state index >= 15 is 0 Å². The predicted octanol–water partition coefficient (Wildman–Crippen LogP) is 2.10. The largest absolute Gasteiger partial charge is 0.487 e. The van der Waals surface area contributed by atoms with Gasteiger partial charge in [0.05, 0.1) is 6.61 Å². The molecule has 2 atom stereocenters. The van der Waals surface area contributed by atoms with E-state index in [9.17, 15) is 0 Å². The van der Waals surface area contributed by atoms with E-state index in [2.05, 4.69) is 25.5 Å². The molecule has 0 radical (unpaired) electrons. The van der Waals surface area contributed by atoms with E-state index in [4.69, 9.17) is 27.9 Å². The molecule has 128 valence electrons. The molecule has 0 aromatic carbocycles. The van der Waals surface area contributed by atoms with E-state index in [0.29, 0.717) is 30.3 Å². The molecule has 1 unspecified atom stereocenters. The molecule has 0 bridgehead atoms. The minimum absolute atomic E-state index is 0.155. The number of halogens is 2. The van der Waals surface area contributed by atoms with Crippen LogP contribution in [0.15, 0.2) is 0 Å². The van der Waals surface area contributed by atoms with Gasteiger partial charge < -0.3 is 20.3 Å². The first-order valence-corrected chi connectivity index (χ1v) is 8.94. The normalized spacial score (nSPS) is 24.4. The lowest BCUT2D eigenvalue weighted by atomic mass is 10.2. The minimum Gasteiger partial charge on any atom is -0.487 e. The summed E-state index contributed by atoms with van der Waals surface area (Å²) in [5.41, 5.74) is 0. The van der Waals surface area contributed by atoms with Gasteiger partial charge in [-0.25, -0.2) is 4.98 Å². The van der Waals surface area contributed by atoms with Gasteiger partial charge in [-0.2, -0.15) is 4.98 Å². The van der Waals surface area contributed by atoms with Crippen molar-refractivity contribution in [3.05, 3.63) is 10.4 Å². The Morgan fingerprint density at radius 1 is 1.35 bits per heavy atom. The van der Waals surface area contributed by atoms with Gasteiger partial charge in [-0.05, 0) is 50.9 Å². The highest BCUT2D eigenvalue weighted by Crippen LogP contribution is 2.35. The van der Waals surface area contributed by atoms with Crippen molar-refractivity contribution in [3.8, 4) is 5.75 Å². The molecule has 6 nitrogen and oxygen atoms in total. The molecule has 0 saturated carbocycles. The van der Waals surface area contributed by atoms with Gasteiger partial charge in [0.1, 0.15) is 0 Å². The highest BCUT2D eigenvalue weighted by atomic mass is 35.5. The molecule has 2 aliphatic rings. The lowest BCUT2D eigenvalue weighted by Gasteiger charge is -2.21. The number of rotatable bonds is 6. The van der Waals surface area contributed by atoms with Crippen molar-refractivity contribution in [2.45, 2.75) is 37.8 Å². The molecule has 8 heteroatoms. The highest BCUT2D eigenvalue weighted by Gasteiger charge is 2.27. The Morgan fingerprint density at radius 3 is 2.91 bits per heavy atom. The molecule has 0 spiro atoms. The molecule has 0 amide bonds. The van der Waals surface area contributed by atoms with Crippen molar-refractivity contribution in [3.63, 3.8) is 0 Å². The van der Waals surface area contributed by atoms with Crippen LogP contribution >= 0.6 is 23.2 Å². The van der Waals surface area contributed by atoms with E-state index in [1.165, 1.54) is 12.8 Å². The van der Waals surface area contributed by atoms with E-state index in [0.717, 1.165) is 32.5 Å². The second-order valence-electron chi connectivity index (χ2n) is 6.09. The second kappa shape index (κ2) is 7.83. The number of nitrogens with one attached hydrogen (secondary N) is 2. The van der Waals surface area contributed by atoms with Crippen LogP contribution in [0.25, 0.3) is 0 Å².